The summed E-state index contributed by atoms with van der Waals surface area (Å²) in [7, 11) is -3.74. The van der Waals surface area contributed by atoms with Crippen molar-refractivity contribution in [2.75, 3.05) is 6.54 Å². The smallest absolute Gasteiger partial charge is 0.266 e. The number of amides is 1. The number of sulfonamides is 1. The Labute approximate surface area is 180 Å². The molecule has 1 aliphatic rings. The Hall–Kier alpha value is -1.94. The molecular formula is C20H22N2O4S3. The molecule has 1 amide bonds. The Morgan fingerprint density at radius 3 is 2.52 bits per heavy atom. The lowest BCUT2D eigenvalue weighted by Crippen LogP contribution is -2.28. The molecule has 9 heteroatoms. The molecule has 154 valence electrons. The lowest BCUT2D eigenvalue weighted by molar-refractivity contribution is -0.122. The molecular weight excluding hydrogens is 428 g/mol. The molecule has 0 saturated carbocycles. The number of unbranched alkanes of at least 4 members (excludes halogenated alkanes) is 3. The van der Waals surface area contributed by atoms with Gasteiger partial charge in [0.1, 0.15) is 15.8 Å². The van der Waals surface area contributed by atoms with Crippen LogP contribution in [-0.2, 0) is 14.8 Å². The predicted octanol–water partition coefficient (Wildman–Crippen LogP) is 4.38. The minimum absolute atomic E-state index is 0.0376. The maximum Gasteiger partial charge on any atom is 0.266 e. The van der Waals surface area contributed by atoms with E-state index >= 15 is 0 Å². The lowest BCUT2D eigenvalue weighted by Gasteiger charge is -2.13. The molecule has 0 radical (unpaired) electrons. The Bertz CT molecular complexity index is 1040. The van der Waals surface area contributed by atoms with E-state index < -0.39 is 10.0 Å². The highest BCUT2D eigenvalue weighted by Gasteiger charge is 2.31. The van der Waals surface area contributed by atoms with Crippen LogP contribution in [0.4, 0.5) is 0 Å². The largest absolute Gasteiger partial charge is 0.457 e. The monoisotopic (exact) mass is 450 g/mol. The number of rotatable bonds is 8. The highest BCUT2D eigenvalue weighted by molar-refractivity contribution is 8.26. The van der Waals surface area contributed by atoms with Crippen LogP contribution in [0.15, 0.2) is 50.6 Å². The summed E-state index contributed by atoms with van der Waals surface area (Å²) in [4.78, 5) is 14.9. The first-order valence-corrected chi connectivity index (χ1v) is 12.0. The van der Waals surface area contributed by atoms with Gasteiger partial charge in [0.05, 0.1) is 9.80 Å². The summed E-state index contributed by atoms with van der Waals surface area (Å²) < 4.78 is 29.1. The predicted molar refractivity (Wildman–Crippen MR) is 120 cm³/mol. The van der Waals surface area contributed by atoms with Crippen LogP contribution in [-0.4, -0.2) is 30.1 Å². The van der Waals surface area contributed by atoms with Crippen molar-refractivity contribution >= 4 is 50.3 Å². The molecule has 2 N–H and O–H groups in total. The van der Waals surface area contributed by atoms with Crippen LogP contribution in [0.25, 0.3) is 17.4 Å². The minimum atomic E-state index is -3.74. The number of primary sulfonamides is 1. The molecule has 1 aliphatic heterocycles. The van der Waals surface area contributed by atoms with Crippen molar-refractivity contribution in [1.82, 2.24) is 4.90 Å². The van der Waals surface area contributed by atoms with Gasteiger partial charge in [0.15, 0.2) is 0 Å². The third kappa shape index (κ3) is 5.36. The normalized spacial score (nSPS) is 16.2. The maximum absolute atomic E-state index is 12.6. The van der Waals surface area contributed by atoms with Crippen molar-refractivity contribution in [2.45, 2.75) is 37.5 Å². The zero-order valence-electron chi connectivity index (χ0n) is 16.0. The van der Waals surface area contributed by atoms with Gasteiger partial charge in [0.2, 0.25) is 10.0 Å². The number of nitrogens with two attached hydrogens (primary N) is 1. The highest BCUT2D eigenvalue weighted by Crippen LogP contribution is 2.34. The molecule has 1 aromatic heterocycles. The first-order valence-electron chi connectivity index (χ1n) is 9.28. The van der Waals surface area contributed by atoms with E-state index in [1.807, 2.05) is 0 Å². The second-order valence-electron chi connectivity index (χ2n) is 6.67. The van der Waals surface area contributed by atoms with Gasteiger partial charge in [-0.15, -0.1) is 0 Å². The van der Waals surface area contributed by atoms with Crippen molar-refractivity contribution < 1.29 is 17.6 Å². The lowest BCUT2D eigenvalue weighted by atomic mass is 10.2. The number of benzene rings is 1. The van der Waals surface area contributed by atoms with Gasteiger partial charge in [0, 0.05) is 18.2 Å². The first kappa shape index (κ1) is 21.8. The third-order valence-electron chi connectivity index (χ3n) is 4.48. The summed E-state index contributed by atoms with van der Waals surface area (Å²) in [5, 5.41) is 5.11. The molecule has 6 nitrogen and oxygen atoms in total. The van der Waals surface area contributed by atoms with E-state index in [0.717, 1.165) is 25.7 Å². The van der Waals surface area contributed by atoms with Crippen LogP contribution in [0.3, 0.4) is 0 Å². The quantitative estimate of drug-likeness (QED) is 0.364. The SMILES string of the molecule is CCCCCCN1C(=O)/C(=C/c2ccc(-c3ccc(S(N)(=O)=O)cc3)o2)SC1=S. The van der Waals surface area contributed by atoms with E-state index in [4.69, 9.17) is 21.8 Å². The molecule has 0 atom stereocenters. The number of nitrogens with zero attached hydrogens (tertiary/aromatic N) is 1. The fourth-order valence-electron chi connectivity index (χ4n) is 2.91. The molecule has 1 aromatic carbocycles. The number of thiocarbonyl (C=S) groups is 1. The zero-order chi connectivity index (χ0) is 21.0. The standard InChI is InChI=1S/C20H22N2O4S3/c1-2-3-4-5-12-22-19(23)18(28-20(22)27)13-15-8-11-17(26-15)14-6-9-16(10-7-14)29(21,24)25/h6-11,13H,2-5,12H2,1H3,(H2,21,24,25)/b18-13-. The fourth-order valence-corrected chi connectivity index (χ4v) is 4.72. The topological polar surface area (TPSA) is 93.6 Å². The summed E-state index contributed by atoms with van der Waals surface area (Å²) in [6.45, 7) is 2.79. The van der Waals surface area contributed by atoms with Crippen molar-refractivity contribution in [2.24, 2.45) is 5.14 Å². The molecule has 3 rings (SSSR count). The average Bonchev–Trinajstić information content (AvgIpc) is 3.24. The maximum atomic E-state index is 12.6. The van der Waals surface area contributed by atoms with Gasteiger partial charge in [-0.2, -0.15) is 0 Å². The Morgan fingerprint density at radius 2 is 1.86 bits per heavy atom. The Balaban J connectivity index is 1.71. The summed E-state index contributed by atoms with van der Waals surface area (Å²) in [5.74, 6) is 1.00. The van der Waals surface area contributed by atoms with Gasteiger partial charge in [-0.3, -0.25) is 9.69 Å². The summed E-state index contributed by atoms with van der Waals surface area (Å²) in [6, 6.07) is 9.63. The van der Waals surface area contributed by atoms with Gasteiger partial charge in [-0.05, 0) is 42.8 Å². The highest BCUT2D eigenvalue weighted by atomic mass is 32.2. The van der Waals surface area contributed by atoms with Crippen molar-refractivity contribution in [3.63, 3.8) is 0 Å². The molecule has 0 spiro atoms. The van der Waals surface area contributed by atoms with Crippen LogP contribution < -0.4 is 5.14 Å². The summed E-state index contributed by atoms with van der Waals surface area (Å²) in [6.07, 6.45) is 6.00. The summed E-state index contributed by atoms with van der Waals surface area (Å²) >= 11 is 6.63. The minimum Gasteiger partial charge on any atom is -0.457 e. The van der Waals surface area contributed by atoms with Gasteiger partial charge in [0.25, 0.3) is 5.91 Å². The van der Waals surface area contributed by atoms with Crippen molar-refractivity contribution in [1.29, 1.82) is 0 Å². The molecule has 29 heavy (non-hydrogen) atoms. The fraction of sp³-hybridized carbons (Fsp3) is 0.300. The number of hydrogen-bond acceptors (Lipinski definition) is 6. The summed E-state index contributed by atoms with van der Waals surface area (Å²) in [5.41, 5.74) is 0.709. The third-order valence-corrected chi connectivity index (χ3v) is 6.78. The molecule has 1 fully saturated rings. The average molecular weight is 451 g/mol. The van der Waals surface area contributed by atoms with E-state index in [-0.39, 0.29) is 10.8 Å². The second-order valence-corrected chi connectivity index (χ2v) is 9.90. The first-order chi connectivity index (χ1) is 13.8. The van der Waals surface area contributed by atoms with Gasteiger partial charge < -0.3 is 4.42 Å². The van der Waals surface area contributed by atoms with E-state index in [2.05, 4.69) is 6.92 Å². The number of carbonyl (C=O) groups excluding carboxylic acids is 1. The van der Waals surface area contributed by atoms with Crippen LogP contribution >= 0.6 is 24.0 Å². The van der Waals surface area contributed by atoms with E-state index in [1.54, 1.807) is 35.2 Å². The Kier molecular flexibility index (Phi) is 6.94. The van der Waals surface area contributed by atoms with Crippen LogP contribution in [0.2, 0.25) is 0 Å². The number of furan rings is 1. The van der Waals surface area contributed by atoms with E-state index in [9.17, 15) is 13.2 Å². The van der Waals surface area contributed by atoms with Crippen LogP contribution in [0.1, 0.15) is 38.4 Å². The number of thioether (sulfide) groups is 1. The van der Waals surface area contributed by atoms with Crippen molar-refractivity contribution in [3.8, 4) is 11.3 Å². The molecule has 2 aromatic rings. The molecule has 2 heterocycles. The molecule has 0 bridgehead atoms. The van der Waals surface area contributed by atoms with E-state index in [0.29, 0.717) is 32.9 Å². The Morgan fingerprint density at radius 1 is 1.14 bits per heavy atom. The van der Waals surface area contributed by atoms with Gasteiger partial charge in [-0.1, -0.05) is 50.2 Å². The van der Waals surface area contributed by atoms with Crippen LogP contribution in [0.5, 0.6) is 0 Å². The molecule has 0 aliphatic carbocycles. The number of carbonyl (C=O) groups is 1. The second kappa shape index (κ2) is 9.25. The van der Waals surface area contributed by atoms with Crippen LogP contribution in [0, 0.1) is 0 Å². The van der Waals surface area contributed by atoms with Crippen molar-refractivity contribution in [3.05, 3.63) is 47.1 Å². The zero-order valence-corrected chi connectivity index (χ0v) is 18.4. The van der Waals surface area contributed by atoms with E-state index in [1.165, 1.54) is 23.9 Å². The van der Waals surface area contributed by atoms with Gasteiger partial charge >= 0.3 is 0 Å². The number of hydrogen-bond donors (Lipinski definition) is 1. The molecule has 0 unspecified atom stereocenters. The van der Waals surface area contributed by atoms with Gasteiger partial charge in [-0.25, -0.2) is 13.6 Å². The molecule has 1 saturated heterocycles.